The van der Waals surface area contributed by atoms with Crippen molar-refractivity contribution >= 4 is 17.6 Å². The fourth-order valence-electron chi connectivity index (χ4n) is 3.07. The van der Waals surface area contributed by atoms with Gasteiger partial charge in [0.1, 0.15) is 17.3 Å². The number of benzene rings is 1. The lowest BCUT2D eigenvalue weighted by atomic mass is 9.93. The Morgan fingerprint density at radius 1 is 1.33 bits per heavy atom. The van der Waals surface area contributed by atoms with Crippen LogP contribution in [-0.2, 0) is 4.79 Å². The molecule has 0 bridgehead atoms. The van der Waals surface area contributed by atoms with Crippen LogP contribution in [0.2, 0.25) is 0 Å². The normalized spacial score (nSPS) is 17.8. The summed E-state index contributed by atoms with van der Waals surface area (Å²) in [5.41, 5.74) is -0.612. The first kappa shape index (κ1) is 20.9. The minimum absolute atomic E-state index is 0.00456. The Morgan fingerprint density at radius 3 is 2.59 bits per heavy atom. The molecule has 1 aromatic rings. The van der Waals surface area contributed by atoms with Crippen molar-refractivity contribution in [3.63, 3.8) is 0 Å². The summed E-state index contributed by atoms with van der Waals surface area (Å²) in [5.74, 6) is -0.591. The van der Waals surface area contributed by atoms with Crippen LogP contribution in [0.4, 0.5) is 14.5 Å². The third-order valence-corrected chi connectivity index (χ3v) is 4.60. The van der Waals surface area contributed by atoms with E-state index in [0.29, 0.717) is 32.1 Å². The Morgan fingerprint density at radius 2 is 2.00 bits per heavy atom. The third-order valence-electron chi connectivity index (χ3n) is 4.60. The molecule has 3 N–H and O–H groups in total. The summed E-state index contributed by atoms with van der Waals surface area (Å²) in [6.07, 6.45) is 0.733. The molecule has 1 heterocycles. The van der Waals surface area contributed by atoms with Crippen LogP contribution in [-0.4, -0.2) is 51.1 Å². The average Bonchev–Trinajstić information content (AvgIpc) is 3.07. The summed E-state index contributed by atoms with van der Waals surface area (Å²) in [6, 6.07) is 3.91. The van der Waals surface area contributed by atoms with Crippen LogP contribution in [0, 0.1) is 17.0 Å². The first-order valence-corrected chi connectivity index (χ1v) is 9.24. The molecule has 0 saturated carbocycles. The molecule has 27 heavy (non-hydrogen) atoms. The number of para-hydroxylation sites is 1. The first-order chi connectivity index (χ1) is 12.8. The lowest BCUT2D eigenvalue weighted by Gasteiger charge is -2.23. The van der Waals surface area contributed by atoms with Crippen LogP contribution in [0.3, 0.4) is 0 Å². The van der Waals surface area contributed by atoms with E-state index in [2.05, 4.69) is 20.9 Å². The van der Waals surface area contributed by atoms with Gasteiger partial charge in [0.15, 0.2) is 5.96 Å². The number of hydrogen-bond acceptors (Lipinski definition) is 3. The van der Waals surface area contributed by atoms with Gasteiger partial charge in [-0.2, -0.15) is 0 Å². The van der Waals surface area contributed by atoms with E-state index in [1.54, 1.807) is 11.9 Å². The molecule has 1 fully saturated rings. The van der Waals surface area contributed by atoms with Crippen molar-refractivity contribution in [2.24, 2.45) is 10.4 Å². The van der Waals surface area contributed by atoms with E-state index in [-0.39, 0.29) is 17.6 Å². The number of aliphatic imine (C=N–C) groups is 1. The minimum Gasteiger partial charge on any atom is -0.365 e. The molecular weight excluding hydrogens is 352 g/mol. The van der Waals surface area contributed by atoms with Gasteiger partial charge >= 0.3 is 0 Å². The van der Waals surface area contributed by atoms with Gasteiger partial charge in [0.05, 0.1) is 12.0 Å². The van der Waals surface area contributed by atoms with E-state index in [1.165, 1.54) is 18.2 Å². The topological polar surface area (TPSA) is 68.8 Å². The molecule has 0 spiro atoms. The first-order valence-electron chi connectivity index (χ1n) is 9.24. The molecule has 1 unspecified atom stereocenters. The van der Waals surface area contributed by atoms with Crippen molar-refractivity contribution in [3.05, 3.63) is 29.8 Å². The second-order valence-corrected chi connectivity index (χ2v) is 7.30. The maximum absolute atomic E-state index is 14.0. The van der Waals surface area contributed by atoms with Gasteiger partial charge in [-0.25, -0.2) is 8.78 Å². The lowest BCUT2D eigenvalue weighted by Crippen LogP contribution is -2.46. The van der Waals surface area contributed by atoms with Crippen molar-refractivity contribution in [2.75, 3.05) is 38.1 Å². The van der Waals surface area contributed by atoms with Gasteiger partial charge in [-0.1, -0.05) is 6.07 Å². The van der Waals surface area contributed by atoms with E-state index in [9.17, 15) is 13.6 Å². The molecule has 1 atom stereocenters. The zero-order chi connectivity index (χ0) is 20.0. The van der Waals surface area contributed by atoms with Gasteiger partial charge in [0.25, 0.3) is 0 Å². The minimum atomic E-state index is -0.630. The molecule has 0 aliphatic carbocycles. The largest absolute Gasteiger partial charge is 0.365 e. The van der Waals surface area contributed by atoms with Gasteiger partial charge in [0.2, 0.25) is 5.91 Å². The fourth-order valence-corrected chi connectivity index (χ4v) is 3.07. The number of guanidine groups is 1. The molecule has 1 saturated heterocycles. The summed E-state index contributed by atoms with van der Waals surface area (Å²) in [4.78, 5) is 18.1. The molecule has 0 radical (unpaired) electrons. The van der Waals surface area contributed by atoms with Crippen LogP contribution in [0.1, 0.15) is 27.2 Å². The van der Waals surface area contributed by atoms with Crippen molar-refractivity contribution in [2.45, 2.75) is 33.2 Å². The fraction of sp³-hybridized carbons (Fsp3) is 0.579. The summed E-state index contributed by atoms with van der Waals surface area (Å²) in [6.45, 7) is 7.63. The Labute approximate surface area is 159 Å². The van der Waals surface area contributed by atoms with Crippen LogP contribution in [0.15, 0.2) is 23.2 Å². The highest BCUT2D eigenvalue weighted by atomic mass is 19.1. The van der Waals surface area contributed by atoms with Gasteiger partial charge in [0, 0.05) is 32.7 Å². The third kappa shape index (κ3) is 5.30. The lowest BCUT2D eigenvalue weighted by molar-refractivity contribution is -0.128. The molecule has 150 valence electrons. The number of nitrogens with zero attached hydrogens (tertiary/aromatic N) is 2. The Kier molecular flexibility index (Phi) is 6.98. The van der Waals surface area contributed by atoms with Crippen molar-refractivity contribution in [1.82, 2.24) is 16.0 Å². The number of carbonyl (C=O) groups excluding carboxylic acids is 1. The highest BCUT2D eigenvalue weighted by molar-refractivity contribution is 5.83. The summed E-state index contributed by atoms with van der Waals surface area (Å²) < 4.78 is 28.0. The molecule has 1 aliphatic rings. The van der Waals surface area contributed by atoms with Crippen LogP contribution in [0.25, 0.3) is 0 Å². The predicted octanol–water partition coefficient (Wildman–Crippen LogP) is 1.87. The molecule has 6 nitrogen and oxygen atoms in total. The van der Waals surface area contributed by atoms with E-state index in [0.717, 1.165) is 6.42 Å². The number of nitrogens with one attached hydrogen (secondary N) is 3. The van der Waals surface area contributed by atoms with Crippen LogP contribution >= 0.6 is 0 Å². The molecule has 0 aromatic heterocycles. The second-order valence-electron chi connectivity index (χ2n) is 7.30. The number of anilines is 1. The SMILES string of the molecule is CCNC(=NCC(C)(C)C(=O)NC)NC1CCN(c2c(F)cccc2F)C1. The van der Waals surface area contributed by atoms with E-state index in [1.807, 2.05) is 20.8 Å². The Hall–Kier alpha value is -2.38. The van der Waals surface area contributed by atoms with Crippen molar-refractivity contribution < 1.29 is 13.6 Å². The van der Waals surface area contributed by atoms with E-state index in [4.69, 9.17) is 0 Å². The van der Waals surface area contributed by atoms with Gasteiger partial charge < -0.3 is 20.9 Å². The van der Waals surface area contributed by atoms with Crippen LogP contribution < -0.4 is 20.9 Å². The summed E-state index contributed by atoms with van der Waals surface area (Å²) >= 11 is 0. The maximum atomic E-state index is 14.0. The zero-order valence-corrected chi connectivity index (χ0v) is 16.4. The predicted molar refractivity (Wildman–Crippen MR) is 104 cm³/mol. The summed E-state index contributed by atoms with van der Waals surface area (Å²) in [5, 5.41) is 9.10. The number of amides is 1. The molecule has 1 aromatic carbocycles. The number of hydrogen-bond donors (Lipinski definition) is 3. The molecule has 8 heteroatoms. The maximum Gasteiger partial charge on any atom is 0.227 e. The van der Waals surface area contributed by atoms with Crippen molar-refractivity contribution in [1.29, 1.82) is 0 Å². The number of halogens is 2. The molecule has 2 rings (SSSR count). The van der Waals surface area contributed by atoms with Crippen LogP contribution in [0.5, 0.6) is 0 Å². The second kappa shape index (κ2) is 9.01. The quantitative estimate of drug-likeness (QED) is 0.520. The summed E-state index contributed by atoms with van der Waals surface area (Å²) in [7, 11) is 1.60. The zero-order valence-electron chi connectivity index (χ0n) is 16.4. The molecule has 1 amide bonds. The van der Waals surface area contributed by atoms with E-state index < -0.39 is 17.0 Å². The Balaban J connectivity index is 2.03. The number of rotatable bonds is 6. The molecule has 1 aliphatic heterocycles. The average molecular weight is 381 g/mol. The highest BCUT2D eigenvalue weighted by Gasteiger charge is 2.29. The smallest absolute Gasteiger partial charge is 0.227 e. The van der Waals surface area contributed by atoms with Gasteiger partial charge in [-0.05, 0) is 39.3 Å². The Bertz CT molecular complexity index is 672. The van der Waals surface area contributed by atoms with Crippen molar-refractivity contribution in [3.8, 4) is 0 Å². The standard InChI is InChI=1S/C19H29F2N5O/c1-5-23-18(24-12-19(2,3)17(27)22-4)25-13-9-10-26(11-13)16-14(20)7-6-8-15(16)21/h6-8,13H,5,9-12H2,1-4H3,(H,22,27)(H2,23,24,25). The molecular formula is C19H29F2N5O. The highest BCUT2D eigenvalue weighted by Crippen LogP contribution is 2.26. The van der Waals surface area contributed by atoms with Gasteiger partial charge in [-0.15, -0.1) is 0 Å². The van der Waals surface area contributed by atoms with Gasteiger partial charge in [-0.3, -0.25) is 9.79 Å². The monoisotopic (exact) mass is 381 g/mol. The van der Waals surface area contributed by atoms with E-state index >= 15 is 0 Å². The number of carbonyl (C=O) groups is 1.